The molecule has 1 atom stereocenters. The van der Waals surface area contributed by atoms with Crippen LogP contribution in [0, 0.1) is 0 Å². The summed E-state index contributed by atoms with van der Waals surface area (Å²) in [5.74, 6) is -0.252. The Morgan fingerprint density at radius 2 is 2.00 bits per heavy atom. The molecule has 6 heteroatoms. The van der Waals surface area contributed by atoms with E-state index in [0.29, 0.717) is 10.6 Å². The molecule has 1 aromatic heterocycles. The molecule has 0 unspecified atom stereocenters. The first-order valence-corrected chi connectivity index (χ1v) is 7.50. The van der Waals surface area contributed by atoms with Crippen LogP contribution in [0.1, 0.15) is 47.7 Å². The van der Waals surface area contributed by atoms with Gasteiger partial charge in [0.15, 0.2) is 0 Å². The maximum absolute atomic E-state index is 12.4. The molecule has 0 bridgehead atoms. The van der Waals surface area contributed by atoms with Gasteiger partial charge in [-0.3, -0.25) is 4.79 Å². The zero-order valence-corrected chi connectivity index (χ0v) is 13.1. The lowest BCUT2D eigenvalue weighted by atomic mass is 9.91. The molecule has 2 rings (SSSR count). The number of rotatable bonds is 4. The van der Waals surface area contributed by atoms with E-state index >= 15 is 0 Å². The normalized spacial score (nSPS) is 13.0. The van der Waals surface area contributed by atoms with Crippen molar-refractivity contribution in [2.24, 2.45) is 0 Å². The van der Waals surface area contributed by atoms with Crippen molar-refractivity contribution in [2.45, 2.75) is 32.2 Å². The molecule has 1 aromatic carbocycles. The fourth-order valence-electron chi connectivity index (χ4n) is 1.97. The Morgan fingerprint density at radius 1 is 1.33 bits per heavy atom. The quantitative estimate of drug-likeness (QED) is 0.909. The van der Waals surface area contributed by atoms with E-state index in [0.717, 1.165) is 17.1 Å². The van der Waals surface area contributed by atoms with Gasteiger partial charge in [0.05, 0.1) is 18.3 Å². The zero-order valence-electron chi connectivity index (χ0n) is 12.3. The van der Waals surface area contributed by atoms with Gasteiger partial charge >= 0.3 is 0 Å². The van der Waals surface area contributed by atoms with Crippen LogP contribution in [0.15, 0.2) is 30.3 Å². The molecule has 0 saturated carbocycles. The van der Waals surface area contributed by atoms with Crippen LogP contribution in [0.4, 0.5) is 0 Å². The van der Waals surface area contributed by atoms with Gasteiger partial charge in [-0.05, 0) is 17.1 Å². The van der Waals surface area contributed by atoms with Gasteiger partial charge in [-0.2, -0.15) is 0 Å². The summed E-state index contributed by atoms with van der Waals surface area (Å²) in [7, 11) is 0. The molecule has 112 valence electrons. The van der Waals surface area contributed by atoms with E-state index in [1.54, 1.807) is 0 Å². The number of benzene rings is 1. The molecule has 0 spiro atoms. The van der Waals surface area contributed by atoms with Crippen molar-refractivity contribution in [1.29, 1.82) is 0 Å². The van der Waals surface area contributed by atoms with E-state index < -0.39 is 6.04 Å². The van der Waals surface area contributed by atoms with Crippen LogP contribution >= 0.6 is 11.5 Å². The topological polar surface area (TPSA) is 75.1 Å². The van der Waals surface area contributed by atoms with Crippen molar-refractivity contribution >= 4 is 17.4 Å². The molecule has 0 aliphatic carbocycles. The van der Waals surface area contributed by atoms with Crippen molar-refractivity contribution in [3.05, 3.63) is 46.5 Å². The molecule has 0 saturated heterocycles. The molecule has 21 heavy (non-hydrogen) atoms. The fourth-order valence-corrected chi connectivity index (χ4v) is 2.75. The minimum Gasteiger partial charge on any atom is -0.394 e. The van der Waals surface area contributed by atoms with Crippen LogP contribution in [-0.4, -0.2) is 27.2 Å². The van der Waals surface area contributed by atoms with Crippen molar-refractivity contribution in [2.75, 3.05) is 6.61 Å². The lowest BCUT2D eigenvalue weighted by molar-refractivity contribution is 0.0918. The lowest BCUT2D eigenvalue weighted by Crippen LogP contribution is -2.32. The van der Waals surface area contributed by atoms with Crippen LogP contribution in [0.2, 0.25) is 0 Å². The Morgan fingerprint density at radius 3 is 2.57 bits per heavy atom. The third kappa shape index (κ3) is 3.65. The van der Waals surface area contributed by atoms with Crippen molar-refractivity contribution in [3.63, 3.8) is 0 Å². The Bertz CT molecular complexity index is 605. The van der Waals surface area contributed by atoms with E-state index in [9.17, 15) is 9.90 Å². The first kappa shape index (κ1) is 15.6. The Balaban J connectivity index is 2.20. The first-order valence-electron chi connectivity index (χ1n) is 6.73. The molecule has 1 amide bonds. The summed E-state index contributed by atoms with van der Waals surface area (Å²) in [4.78, 5) is 12.9. The number of hydrogen-bond acceptors (Lipinski definition) is 5. The number of amides is 1. The van der Waals surface area contributed by atoms with Gasteiger partial charge in [0, 0.05) is 5.41 Å². The van der Waals surface area contributed by atoms with Gasteiger partial charge in [-0.15, -0.1) is 5.10 Å². The Labute approximate surface area is 128 Å². The second kappa shape index (κ2) is 6.32. The summed E-state index contributed by atoms with van der Waals surface area (Å²) in [6.45, 7) is 5.80. The standard InChI is InChI=1S/C15H19N3O2S/c1-15(2,3)13-12(21-18-17-13)14(20)16-11(9-19)10-7-5-4-6-8-10/h4-8,11,19H,9H2,1-3H3,(H,16,20)/t11-/m1/s1. The molecule has 1 heterocycles. The van der Waals surface area contributed by atoms with Gasteiger partial charge in [-0.25, -0.2) is 0 Å². The fraction of sp³-hybridized carbons (Fsp3) is 0.400. The maximum Gasteiger partial charge on any atom is 0.265 e. The number of nitrogens with zero attached hydrogens (tertiary/aromatic N) is 2. The summed E-state index contributed by atoms with van der Waals surface area (Å²) in [5.41, 5.74) is 1.29. The number of carbonyl (C=O) groups excluding carboxylic acids is 1. The summed E-state index contributed by atoms with van der Waals surface area (Å²) in [6, 6.07) is 8.95. The van der Waals surface area contributed by atoms with Gasteiger partial charge in [-0.1, -0.05) is 55.6 Å². The SMILES string of the molecule is CC(C)(C)c1nnsc1C(=O)N[C@H](CO)c1ccccc1. The van der Waals surface area contributed by atoms with Crippen molar-refractivity contribution in [3.8, 4) is 0 Å². The number of hydrogen-bond donors (Lipinski definition) is 2. The predicted octanol–water partition coefficient (Wildman–Crippen LogP) is 2.30. The highest BCUT2D eigenvalue weighted by Gasteiger charge is 2.27. The third-order valence-electron chi connectivity index (χ3n) is 3.09. The summed E-state index contributed by atoms with van der Waals surface area (Å²) >= 11 is 1.08. The average molecular weight is 305 g/mol. The summed E-state index contributed by atoms with van der Waals surface area (Å²) in [5, 5.41) is 16.4. The number of aromatic nitrogens is 2. The molecular weight excluding hydrogens is 286 g/mol. The van der Waals surface area contributed by atoms with Gasteiger partial charge < -0.3 is 10.4 Å². The van der Waals surface area contributed by atoms with E-state index in [4.69, 9.17) is 0 Å². The van der Waals surface area contributed by atoms with Crippen LogP contribution in [-0.2, 0) is 5.41 Å². The van der Waals surface area contributed by atoms with E-state index in [2.05, 4.69) is 14.9 Å². The molecular formula is C15H19N3O2S. The largest absolute Gasteiger partial charge is 0.394 e. The minimum absolute atomic E-state index is 0.160. The number of carbonyl (C=O) groups is 1. The number of aliphatic hydroxyl groups is 1. The summed E-state index contributed by atoms with van der Waals surface area (Å²) < 4.78 is 3.88. The van der Waals surface area contributed by atoms with Gasteiger partial charge in [0.1, 0.15) is 4.88 Å². The second-order valence-electron chi connectivity index (χ2n) is 5.82. The highest BCUT2D eigenvalue weighted by atomic mass is 32.1. The Hall–Kier alpha value is -1.79. The first-order chi connectivity index (χ1) is 9.93. The lowest BCUT2D eigenvalue weighted by Gasteiger charge is -2.19. The van der Waals surface area contributed by atoms with Crippen LogP contribution in [0.5, 0.6) is 0 Å². The van der Waals surface area contributed by atoms with Gasteiger partial charge in [0.25, 0.3) is 5.91 Å². The van der Waals surface area contributed by atoms with Crippen molar-refractivity contribution < 1.29 is 9.90 Å². The van der Waals surface area contributed by atoms with Gasteiger partial charge in [0.2, 0.25) is 0 Å². The van der Waals surface area contributed by atoms with Crippen LogP contribution < -0.4 is 5.32 Å². The van der Waals surface area contributed by atoms with Crippen molar-refractivity contribution in [1.82, 2.24) is 14.9 Å². The number of aliphatic hydroxyl groups excluding tert-OH is 1. The highest BCUT2D eigenvalue weighted by molar-refractivity contribution is 7.08. The molecule has 0 fully saturated rings. The molecule has 5 nitrogen and oxygen atoms in total. The maximum atomic E-state index is 12.4. The van der Waals surface area contributed by atoms with E-state index in [-0.39, 0.29) is 17.9 Å². The minimum atomic E-state index is -0.436. The molecule has 2 N–H and O–H groups in total. The van der Waals surface area contributed by atoms with E-state index in [1.807, 2.05) is 51.1 Å². The van der Waals surface area contributed by atoms with Crippen LogP contribution in [0.3, 0.4) is 0 Å². The molecule has 0 aliphatic heterocycles. The molecule has 0 radical (unpaired) electrons. The van der Waals surface area contributed by atoms with E-state index in [1.165, 1.54) is 0 Å². The van der Waals surface area contributed by atoms with Crippen LogP contribution in [0.25, 0.3) is 0 Å². The molecule has 2 aromatic rings. The number of nitrogens with one attached hydrogen (secondary N) is 1. The average Bonchev–Trinajstić information content (AvgIpc) is 2.95. The second-order valence-corrected chi connectivity index (χ2v) is 6.57. The smallest absolute Gasteiger partial charge is 0.265 e. The predicted molar refractivity (Wildman–Crippen MR) is 82.3 cm³/mol. The Kier molecular flexibility index (Phi) is 4.69. The molecule has 0 aliphatic rings. The highest BCUT2D eigenvalue weighted by Crippen LogP contribution is 2.26. The zero-order chi connectivity index (χ0) is 15.5. The summed E-state index contributed by atoms with van der Waals surface area (Å²) in [6.07, 6.45) is 0. The monoisotopic (exact) mass is 305 g/mol. The third-order valence-corrected chi connectivity index (χ3v) is 3.82.